The van der Waals surface area contributed by atoms with Gasteiger partial charge in [0, 0.05) is 25.5 Å². The second-order valence-electron chi connectivity index (χ2n) is 4.47. The zero-order valence-electron chi connectivity index (χ0n) is 10.4. The molecule has 1 N–H and O–H groups in total. The van der Waals surface area contributed by atoms with Crippen LogP contribution in [0.2, 0.25) is 0 Å². The number of aliphatic carboxylic acids is 1. The number of rotatable bonds is 6. The molecule has 0 spiro atoms. The largest absolute Gasteiger partial charge is 0.481 e. The summed E-state index contributed by atoms with van der Waals surface area (Å²) in [6.07, 6.45) is 2.72. The molecule has 0 aromatic carbocycles. The van der Waals surface area contributed by atoms with Crippen molar-refractivity contribution in [2.45, 2.75) is 51.2 Å². The fourth-order valence-electron chi connectivity index (χ4n) is 2.36. The molecule has 0 bridgehead atoms. The molecule has 0 amide bonds. The van der Waals surface area contributed by atoms with Crippen LogP contribution in [-0.4, -0.2) is 44.0 Å². The van der Waals surface area contributed by atoms with Gasteiger partial charge in [-0.2, -0.15) is 0 Å². The predicted octanol–water partition coefficient (Wildman–Crippen LogP) is 0.820. The molecule has 7 heteroatoms. The van der Waals surface area contributed by atoms with Crippen LogP contribution in [0.3, 0.4) is 0 Å². The van der Waals surface area contributed by atoms with Crippen LogP contribution in [0, 0.1) is 0 Å². The van der Waals surface area contributed by atoms with Crippen molar-refractivity contribution in [3.63, 3.8) is 0 Å². The highest BCUT2D eigenvalue weighted by Gasteiger charge is 2.32. The van der Waals surface area contributed by atoms with Crippen LogP contribution in [0.4, 0.5) is 0 Å². The Bertz CT molecular complexity index is 407. The quantitative estimate of drug-likeness (QED) is 0.808. The lowest BCUT2D eigenvalue weighted by atomic mass is 9.99. The van der Waals surface area contributed by atoms with Crippen molar-refractivity contribution in [3.8, 4) is 0 Å². The average Bonchev–Trinajstić information content (AvgIpc) is 2.95. The summed E-state index contributed by atoms with van der Waals surface area (Å²) in [4.78, 5) is 10.5. The van der Waals surface area contributed by atoms with Crippen molar-refractivity contribution < 1.29 is 14.6 Å². The Morgan fingerprint density at radius 3 is 3.17 bits per heavy atom. The fourth-order valence-corrected chi connectivity index (χ4v) is 2.36. The molecular formula is C11H18N4O3. The Morgan fingerprint density at radius 2 is 2.44 bits per heavy atom. The van der Waals surface area contributed by atoms with E-state index in [0.717, 1.165) is 25.3 Å². The topological polar surface area (TPSA) is 90.1 Å². The van der Waals surface area contributed by atoms with E-state index in [2.05, 4.69) is 22.4 Å². The van der Waals surface area contributed by atoms with E-state index in [1.807, 2.05) is 0 Å². The standard InChI is InChI=1S/C11H18N4O3/c1-2-9-8(5-7-18-9)11-12-13-14-15(11)6-3-4-10(16)17/h8-9H,2-7H2,1H3,(H,16,17). The zero-order chi connectivity index (χ0) is 13.0. The van der Waals surface area contributed by atoms with Gasteiger partial charge < -0.3 is 9.84 Å². The van der Waals surface area contributed by atoms with E-state index in [-0.39, 0.29) is 18.4 Å². The van der Waals surface area contributed by atoms with Crippen LogP contribution in [0.25, 0.3) is 0 Å². The highest BCUT2D eigenvalue weighted by Crippen LogP contribution is 2.31. The minimum absolute atomic E-state index is 0.137. The molecule has 1 aromatic rings. The monoisotopic (exact) mass is 254 g/mol. The molecule has 1 aromatic heterocycles. The van der Waals surface area contributed by atoms with E-state index in [0.29, 0.717) is 13.0 Å². The summed E-state index contributed by atoms with van der Waals surface area (Å²) in [7, 11) is 0. The number of hydrogen-bond acceptors (Lipinski definition) is 5. The van der Waals surface area contributed by atoms with Crippen LogP contribution in [0.5, 0.6) is 0 Å². The maximum absolute atomic E-state index is 10.5. The molecule has 2 rings (SSSR count). The summed E-state index contributed by atoms with van der Waals surface area (Å²) in [5.74, 6) is 0.264. The Kier molecular flexibility index (Phi) is 4.24. The van der Waals surface area contributed by atoms with Gasteiger partial charge in [-0.3, -0.25) is 4.79 Å². The van der Waals surface area contributed by atoms with E-state index in [1.54, 1.807) is 4.68 Å². The van der Waals surface area contributed by atoms with Gasteiger partial charge in [-0.25, -0.2) is 4.68 Å². The summed E-state index contributed by atoms with van der Waals surface area (Å²) in [5.41, 5.74) is 0. The first-order valence-electron chi connectivity index (χ1n) is 6.31. The van der Waals surface area contributed by atoms with Crippen molar-refractivity contribution in [1.82, 2.24) is 20.2 Å². The van der Waals surface area contributed by atoms with Crippen LogP contribution < -0.4 is 0 Å². The van der Waals surface area contributed by atoms with Gasteiger partial charge in [-0.05, 0) is 29.7 Å². The summed E-state index contributed by atoms with van der Waals surface area (Å²) in [5, 5.41) is 20.3. The molecule has 0 aliphatic carbocycles. The number of hydrogen-bond donors (Lipinski definition) is 1. The third-order valence-electron chi connectivity index (χ3n) is 3.26. The summed E-state index contributed by atoms with van der Waals surface area (Å²) < 4.78 is 7.35. The molecule has 1 saturated heterocycles. The number of aryl methyl sites for hydroxylation is 1. The SMILES string of the molecule is CCC1OCCC1c1nnnn1CCCC(=O)O. The van der Waals surface area contributed by atoms with E-state index in [1.165, 1.54) is 0 Å². The van der Waals surface area contributed by atoms with E-state index < -0.39 is 5.97 Å². The molecule has 1 aliphatic rings. The average molecular weight is 254 g/mol. The van der Waals surface area contributed by atoms with Crippen molar-refractivity contribution in [2.24, 2.45) is 0 Å². The summed E-state index contributed by atoms with van der Waals surface area (Å²) in [6.45, 7) is 3.37. The molecule has 18 heavy (non-hydrogen) atoms. The van der Waals surface area contributed by atoms with Gasteiger partial charge in [0.2, 0.25) is 0 Å². The van der Waals surface area contributed by atoms with Gasteiger partial charge in [0.05, 0.1) is 6.10 Å². The number of carbonyl (C=O) groups is 1. The minimum Gasteiger partial charge on any atom is -0.481 e. The smallest absolute Gasteiger partial charge is 0.303 e. The number of carboxylic acids is 1. The highest BCUT2D eigenvalue weighted by molar-refractivity contribution is 5.66. The van der Waals surface area contributed by atoms with Gasteiger partial charge in [-0.15, -0.1) is 5.10 Å². The summed E-state index contributed by atoms with van der Waals surface area (Å²) >= 11 is 0. The van der Waals surface area contributed by atoms with Crippen LogP contribution in [-0.2, 0) is 16.1 Å². The first kappa shape index (κ1) is 12.9. The van der Waals surface area contributed by atoms with Crippen molar-refractivity contribution in [1.29, 1.82) is 0 Å². The molecular weight excluding hydrogens is 236 g/mol. The van der Waals surface area contributed by atoms with Gasteiger partial charge in [0.1, 0.15) is 0 Å². The van der Waals surface area contributed by atoms with E-state index in [4.69, 9.17) is 9.84 Å². The number of tetrazole rings is 1. The van der Waals surface area contributed by atoms with Crippen molar-refractivity contribution in [2.75, 3.05) is 6.61 Å². The van der Waals surface area contributed by atoms with Crippen LogP contribution >= 0.6 is 0 Å². The lowest BCUT2D eigenvalue weighted by Crippen LogP contribution is -2.18. The molecule has 2 heterocycles. The first-order valence-corrected chi connectivity index (χ1v) is 6.31. The van der Waals surface area contributed by atoms with E-state index in [9.17, 15) is 4.79 Å². The maximum atomic E-state index is 10.5. The summed E-state index contributed by atoms with van der Waals surface area (Å²) in [6, 6.07) is 0. The second kappa shape index (κ2) is 5.90. The van der Waals surface area contributed by atoms with Gasteiger partial charge in [0.25, 0.3) is 0 Å². The maximum Gasteiger partial charge on any atom is 0.303 e. The van der Waals surface area contributed by atoms with Gasteiger partial charge in [0.15, 0.2) is 5.82 Å². The normalized spacial score (nSPS) is 23.4. The van der Waals surface area contributed by atoms with E-state index >= 15 is 0 Å². The molecule has 0 saturated carbocycles. The number of aromatic nitrogens is 4. The van der Waals surface area contributed by atoms with Crippen molar-refractivity contribution in [3.05, 3.63) is 5.82 Å². The predicted molar refractivity (Wildman–Crippen MR) is 62.1 cm³/mol. The number of carboxylic acid groups (broad SMARTS) is 1. The van der Waals surface area contributed by atoms with Crippen molar-refractivity contribution >= 4 is 5.97 Å². The molecule has 2 atom stereocenters. The molecule has 1 fully saturated rings. The Balaban J connectivity index is 2.00. The van der Waals surface area contributed by atoms with Gasteiger partial charge >= 0.3 is 5.97 Å². The lowest BCUT2D eigenvalue weighted by molar-refractivity contribution is -0.137. The first-order chi connectivity index (χ1) is 8.72. The minimum atomic E-state index is -0.791. The van der Waals surface area contributed by atoms with Gasteiger partial charge in [-0.1, -0.05) is 6.92 Å². The highest BCUT2D eigenvalue weighted by atomic mass is 16.5. The molecule has 1 aliphatic heterocycles. The molecule has 100 valence electrons. The third-order valence-corrected chi connectivity index (χ3v) is 3.26. The third kappa shape index (κ3) is 2.84. The number of ether oxygens (including phenoxy) is 1. The number of nitrogens with zero attached hydrogens (tertiary/aromatic N) is 4. The van der Waals surface area contributed by atoms with Crippen LogP contribution in [0.15, 0.2) is 0 Å². The Morgan fingerprint density at radius 1 is 1.61 bits per heavy atom. The van der Waals surface area contributed by atoms with Crippen LogP contribution in [0.1, 0.15) is 44.3 Å². The molecule has 7 nitrogen and oxygen atoms in total. The zero-order valence-corrected chi connectivity index (χ0v) is 10.4. The Hall–Kier alpha value is -1.50. The molecule has 0 radical (unpaired) electrons. The Labute approximate surface area is 105 Å². The fraction of sp³-hybridized carbons (Fsp3) is 0.818. The molecule has 2 unspecified atom stereocenters. The lowest BCUT2D eigenvalue weighted by Gasteiger charge is -2.15. The second-order valence-corrected chi connectivity index (χ2v) is 4.47.